The van der Waals surface area contributed by atoms with Crippen molar-refractivity contribution in [2.45, 2.75) is 12.8 Å². The molecule has 0 radical (unpaired) electrons. The Bertz CT molecular complexity index is 339. The van der Waals surface area contributed by atoms with Crippen LogP contribution >= 0.6 is 15.9 Å². The van der Waals surface area contributed by atoms with Gasteiger partial charge in [-0.3, -0.25) is 0 Å². The molecule has 0 saturated heterocycles. The summed E-state index contributed by atoms with van der Waals surface area (Å²) in [6, 6.07) is 3.09. The smallest absolute Gasteiger partial charge is 0.166 e. The van der Waals surface area contributed by atoms with Crippen molar-refractivity contribution in [3.63, 3.8) is 0 Å². The average molecular weight is 261 g/mol. The molecule has 0 aliphatic carbocycles. The largest absolute Gasteiger partial charge is 0.493 e. The third kappa shape index (κ3) is 2.54. The lowest BCUT2D eigenvalue weighted by molar-refractivity contribution is -0.107. The van der Waals surface area contributed by atoms with Crippen LogP contribution in [0, 0.1) is 5.82 Å². The van der Waals surface area contributed by atoms with Crippen LogP contribution in [0.4, 0.5) is 4.39 Å². The molecule has 0 heterocycles. The highest BCUT2D eigenvalue weighted by Crippen LogP contribution is 2.27. The molecule has 2 nitrogen and oxygen atoms in total. The quantitative estimate of drug-likeness (QED) is 0.779. The van der Waals surface area contributed by atoms with Crippen molar-refractivity contribution in [1.82, 2.24) is 0 Å². The highest BCUT2D eigenvalue weighted by molar-refractivity contribution is 9.10. The summed E-state index contributed by atoms with van der Waals surface area (Å²) in [4.78, 5) is 10.2. The van der Waals surface area contributed by atoms with Gasteiger partial charge >= 0.3 is 0 Å². The number of benzene rings is 1. The van der Waals surface area contributed by atoms with E-state index in [-0.39, 0.29) is 5.75 Å². The van der Waals surface area contributed by atoms with E-state index >= 15 is 0 Å². The zero-order chi connectivity index (χ0) is 10.6. The first-order valence-electron chi connectivity index (χ1n) is 4.14. The number of rotatable bonds is 4. The summed E-state index contributed by atoms with van der Waals surface area (Å²) in [5.41, 5.74) is 0.700. The molecule has 0 atom stereocenters. The third-order valence-corrected chi connectivity index (χ3v) is 2.28. The molecule has 0 aromatic heterocycles. The fourth-order valence-electron chi connectivity index (χ4n) is 1.24. The van der Waals surface area contributed by atoms with E-state index < -0.39 is 5.82 Å². The highest BCUT2D eigenvalue weighted by Gasteiger charge is 2.10. The fourth-order valence-corrected chi connectivity index (χ4v) is 1.72. The molecule has 0 bridgehead atoms. The van der Waals surface area contributed by atoms with Gasteiger partial charge in [0.2, 0.25) is 0 Å². The number of hydrogen-bond acceptors (Lipinski definition) is 2. The summed E-state index contributed by atoms with van der Waals surface area (Å²) in [7, 11) is 1.41. The molecule has 4 heteroatoms. The SMILES string of the molecule is COc1c(F)cc(Br)cc1CCC=O. The van der Waals surface area contributed by atoms with Gasteiger partial charge in [0.05, 0.1) is 7.11 Å². The van der Waals surface area contributed by atoms with Gasteiger partial charge in [0.25, 0.3) is 0 Å². The first-order chi connectivity index (χ1) is 6.69. The Kier molecular flexibility index (Phi) is 4.07. The fraction of sp³-hybridized carbons (Fsp3) is 0.300. The van der Waals surface area contributed by atoms with Gasteiger partial charge < -0.3 is 9.53 Å². The molecule has 0 N–H and O–H groups in total. The number of hydrogen-bond donors (Lipinski definition) is 0. The van der Waals surface area contributed by atoms with Gasteiger partial charge in [0.1, 0.15) is 6.29 Å². The van der Waals surface area contributed by atoms with E-state index in [1.807, 2.05) is 0 Å². The molecule has 0 aliphatic rings. The molecule has 0 saturated carbocycles. The van der Waals surface area contributed by atoms with Gasteiger partial charge in [-0.2, -0.15) is 0 Å². The van der Waals surface area contributed by atoms with Crippen LogP contribution in [-0.4, -0.2) is 13.4 Å². The number of carbonyl (C=O) groups is 1. The number of aryl methyl sites for hydroxylation is 1. The van der Waals surface area contributed by atoms with Gasteiger partial charge in [-0.05, 0) is 24.1 Å². The zero-order valence-electron chi connectivity index (χ0n) is 7.72. The number of ether oxygens (including phenoxy) is 1. The van der Waals surface area contributed by atoms with Gasteiger partial charge in [0.15, 0.2) is 11.6 Å². The second kappa shape index (κ2) is 5.10. The van der Waals surface area contributed by atoms with Crippen molar-refractivity contribution in [2.24, 2.45) is 0 Å². The predicted octanol–water partition coefficient (Wildman–Crippen LogP) is 2.73. The van der Waals surface area contributed by atoms with E-state index in [4.69, 9.17) is 4.74 Å². The van der Waals surface area contributed by atoms with Crippen LogP contribution in [0.15, 0.2) is 16.6 Å². The lowest BCUT2D eigenvalue weighted by Crippen LogP contribution is -1.96. The van der Waals surface area contributed by atoms with Crippen LogP contribution in [0.2, 0.25) is 0 Å². The van der Waals surface area contributed by atoms with Crippen molar-refractivity contribution in [2.75, 3.05) is 7.11 Å². The van der Waals surface area contributed by atoms with E-state index in [0.717, 1.165) is 6.29 Å². The van der Waals surface area contributed by atoms with Gasteiger partial charge in [-0.1, -0.05) is 15.9 Å². The maximum Gasteiger partial charge on any atom is 0.166 e. The van der Waals surface area contributed by atoms with Crippen LogP contribution in [0.3, 0.4) is 0 Å². The van der Waals surface area contributed by atoms with Crippen molar-refractivity contribution >= 4 is 22.2 Å². The normalized spacial score (nSPS) is 9.93. The first-order valence-corrected chi connectivity index (χ1v) is 4.94. The van der Waals surface area contributed by atoms with Crippen molar-refractivity contribution < 1.29 is 13.9 Å². The molecule has 1 rings (SSSR count). The minimum absolute atomic E-state index is 0.218. The molecule has 76 valence electrons. The standard InChI is InChI=1S/C10H10BrFO2/c1-14-10-7(3-2-4-13)5-8(11)6-9(10)12/h4-6H,2-3H2,1H3. The topological polar surface area (TPSA) is 26.3 Å². The first kappa shape index (κ1) is 11.2. The second-order valence-electron chi connectivity index (χ2n) is 2.79. The number of aldehydes is 1. The van der Waals surface area contributed by atoms with Gasteiger partial charge in [-0.15, -0.1) is 0 Å². The molecular weight excluding hydrogens is 251 g/mol. The summed E-state index contributed by atoms with van der Waals surface area (Å²) in [6.45, 7) is 0. The number of halogens is 2. The molecule has 0 fully saturated rings. The van der Waals surface area contributed by atoms with Crippen LogP contribution in [-0.2, 0) is 11.2 Å². The monoisotopic (exact) mass is 260 g/mol. The maximum absolute atomic E-state index is 13.3. The van der Waals surface area contributed by atoms with Crippen LogP contribution in [0.5, 0.6) is 5.75 Å². The van der Waals surface area contributed by atoms with E-state index in [1.54, 1.807) is 6.07 Å². The molecule has 14 heavy (non-hydrogen) atoms. The Morgan fingerprint density at radius 1 is 1.57 bits per heavy atom. The van der Waals surface area contributed by atoms with Crippen molar-refractivity contribution in [1.29, 1.82) is 0 Å². The van der Waals surface area contributed by atoms with Crippen molar-refractivity contribution in [3.05, 3.63) is 28.0 Å². The Morgan fingerprint density at radius 3 is 2.86 bits per heavy atom. The Labute approximate surface area is 90.2 Å². The summed E-state index contributed by atoms with van der Waals surface area (Å²) >= 11 is 3.18. The van der Waals surface area contributed by atoms with E-state index in [1.165, 1.54) is 13.2 Å². The molecule has 1 aromatic carbocycles. The van der Waals surface area contributed by atoms with Gasteiger partial charge in [-0.25, -0.2) is 4.39 Å². The maximum atomic E-state index is 13.3. The Morgan fingerprint density at radius 2 is 2.29 bits per heavy atom. The third-order valence-electron chi connectivity index (χ3n) is 1.82. The van der Waals surface area contributed by atoms with E-state index in [9.17, 15) is 9.18 Å². The predicted molar refractivity (Wildman–Crippen MR) is 55.0 cm³/mol. The van der Waals surface area contributed by atoms with Crippen LogP contribution in [0.25, 0.3) is 0 Å². The summed E-state index contributed by atoms with van der Waals surface area (Å²) in [5.74, 6) is -0.196. The minimum Gasteiger partial charge on any atom is -0.493 e. The summed E-state index contributed by atoms with van der Waals surface area (Å²) in [6.07, 6.45) is 1.66. The Balaban J connectivity index is 3.04. The molecular formula is C10H10BrFO2. The Hall–Kier alpha value is -0.900. The molecule has 0 amide bonds. The molecule has 0 spiro atoms. The van der Waals surface area contributed by atoms with Crippen molar-refractivity contribution in [3.8, 4) is 5.75 Å². The average Bonchev–Trinajstić information content (AvgIpc) is 2.14. The zero-order valence-corrected chi connectivity index (χ0v) is 9.30. The van der Waals surface area contributed by atoms with E-state index in [0.29, 0.717) is 22.9 Å². The number of carbonyl (C=O) groups excluding carboxylic acids is 1. The second-order valence-corrected chi connectivity index (χ2v) is 3.70. The lowest BCUT2D eigenvalue weighted by atomic mass is 10.1. The molecule has 0 unspecified atom stereocenters. The minimum atomic E-state index is -0.414. The molecule has 0 aliphatic heterocycles. The van der Waals surface area contributed by atoms with Crippen LogP contribution < -0.4 is 4.74 Å². The highest BCUT2D eigenvalue weighted by atomic mass is 79.9. The molecule has 1 aromatic rings. The summed E-state index contributed by atoms with van der Waals surface area (Å²) in [5, 5.41) is 0. The van der Waals surface area contributed by atoms with Crippen LogP contribution in [0.1, 0.15) is 12.0 Å². The lowest BCUT2D eigenvalue weighted by Gasteiger charge is -2.08. The summed E-state index contributed by atoms with van der Waals surface area (Å²) < 4.78 is 18.9. The van der Waals surface area contributed by atoms with E-state index in [2.05, 4.69) is 15.9 Å². The number of methoxy groups -OCH3 is 1. The van der Waals surface area contributed by atoms with Gasteiger partial charge in [0, 0.05) is 10.9 Å².